The molecule has 0 saturated heterocycles. The van der Waals surface area contributed by atoms with Gasteiger partial charge in [0.05, 0.1) is 0 Å². The molecule has 4 N–H and O–H groups in total. The van der Waals surface area contributed by atoms with Crippen molar-refractivity contribution in [2.75, 3.05) is 16.4 Å². The first-order valence-corrected chi connectivity index (χ1v) is 6.98. The zero-order valence-electron chi connectivity index (χ0n) is 13.3. The maximum Gasteiger partial charge on any atom is 0.159 e. The molecule has 1 aromatic carbocycles. The Morgan fingerprint density at radius 1 is 0.952 bits per heavy atom. The average Bonchev–Trinajstić information content (AvgIpc) is 2.31. The maximum atomic E-state index is 6.16. The molecule has 5 nitrogen and oxygen atoms in total. The molecule has 0 aliphatic heterocycles. The van der Waals surface area contributed by atoms with Crippen LogP contribution in [0.2, 0.25) is 0 Å². The number of benzene rings is 1. The number of nitrogens with two attached hydrogens (primary N) is 1. The Bertz CT molecular complexity index is 623. The third-order valence-electron chi connectivity index (χ3n) is 2.86. The Morgan fingerprint density at radius 2 is 1.52 bits per heavy atom. The highest BCUT2D eigenvalue weighted by molar-refractivity contribution is 5.78. The molecule has 0 bridgehead atoms. The molecular weight excluding hydrogens is 262 g/mol. The smallest absolute Gasteiger partial charge is 0.159 e. The number of nitrogen functional groups attached to an aromatic ring is 1. The van der Waals surface area contributed by atoms with Crippen LogP contribution in [0.3, 0.4) is 0 Å². The van der Waals surface area contributed by atoms with Gasteiger partial charge in [0.25, 0.3) is 0 Å². The molecule has 5 heteroatoms. The lowest BCUT2D eigenvalue weighted by atomic mass is 10.1. The van der Waals surface area contributed by atoms with Crippen LogP contribution in [0.5, 0.6) is 0 Å². The zero-order chi connectivity index (χ0) is 15.6. The molecule has 2 rings (SSSR count). The summed E-state index contributed by atoms with van der Waals surface area (Å²) in [5, 5.41) is 6.55. The maximum absolute atomic E-state index is 6.16. The van der Waals surface area contributed by atoms with Crippen LogP contribution in [0.4, 0.5) is 23.0 Å². The van der Waals surface area contributed by atoms with Crippen LogP contribution < -0.4 is 16.4 Å². The van der Waals surface area contributed by atoms with Crippen molar-refractivity contribution in [2.45, 2.75) is 40.2 Å². The van der Waals surface area contributed by atoms with Crippen molar-refractivity contribution in [1.82, 2.24) is 9.97 Å². The molecule has 112 valence electrons. The van der Waals surface area contributed by atoms with Crippen molar-refractivity contribution in [3.8, 4) is 0 Å². The molecule has 0 unspecified atom stereocenters. The van der Waals surface area contributed by atoms with E-state index in [2.05, 4.69) is 73.4 Å². The largest absolute Gasteiger partial charge is 0.393 e. The number of hydrogen-bond acceptors (Lipinski definition) is 5. The van der Waals surface area contributed by atoms with Crippen molar-refractivity contribution in [2.24, 2.45) is 0 Å². The van der Waals surface area contributed by atoms with Gasteiger partial charge in [0, 0.05) is 11.2 Å². The molecule has 0 amide bonds. The molecule has 0 saturated carbocycles. The van der Waals surface area contributed by atoms with Gasteiger partial charge in [-0.3, -0.25) is 0 Å². The van der Waals surface area contributed by atoms with Gasteiger partial charge in [-0.15, -0.1) is 0 Å². The first-order valence-electron chi connectivity index (χ1n) is 6.98. The molecule has 0 aliphatic rings. The van der Waals surface area contributed by atoms with Crippen molar-refractivity contribution in [3.05, 3.63) is 35.7 Å². The van der Waals surface area contributed by atoms with Crippen molar-refractivity contribution in [3.63, 3.8) is 0 Å². The Morgan fingerprint density at radius 3 is 2.10 bits per heavy atom. The number of aryl methyl sites for hydroxylation is 2. The third-order valence-corrected chi connectivity index (χ3v) is 2.86. The predicted molar refractivity (Wildman–Crippen MR) is 89.0 cm³/mol. The molecule has 0 aliphatic carbocycles. The molecule has 21 heavy (non-hydrogen) atoms. The highest BCUT2D eigenvalue weighted by Gasteiger charge is 2.15. The van der Waals surface area contributed by atoms with E-state index in [-0.39, 0.29) is 5.54 Å². The number of anilines is 4. The highest BCUT2D eigenvalue weighted by Crippen LogP contribution is 2.28. The summed E-state index contributed by atoms with van der Waals surface area (Å²) in [4.78, 5) is 8.45. The molecular formula is C16H23N5. The van der Waals surface area contributed by atoms with Gasteiger partial charge < -0.3 is 16.4 Å². The van der Waals surface area contributed by atoms with Crippen molar-refractivity contribution < 1.29 is 0 Å². The quantitative estimate of drug-likeness (QED) is 0.803. The average molecular weight is 285 g/mol. The van der Waals surface area contributed by atoms with E-state index in [0.29, 0.717) is 17.3 Å². The van der Waals surface area contributed by atoms with Crippen LogP contribution in [0.1, 0.15) is 31.9 Å². The summed E-state index contributed by atoms with van der Waals surface area (Å²) in [5.41, 5.74) is 9.93. The standard InChI is InChI=1S/C16H23N5/c1-10-6-11(2)8-12(7-10)20-14-13(17)15(19-9-18-14)21-16(3,4)5/h6-9H,17H2,1-5H3,(H2,18,19,20,21). The van der Waals surface area contributed by atoms with Crippen LogP contribution in [0, 0.1) is 13.8 Å². The number of aromatic nitrogens is 2. The summed E-state index contributed by atoms with van der Waals surface area (Å²) in [5.74, 6) is 1.26. The normalized spacial score (nSPS) is 11.3. The first-order chi connectivity index (χ1) is 9.74. The lowest BCUT2D eigenvalue weighted by Crippen LogP contribution is -2.27. The lowest BCUT2D eigenvalue weighted by molar-refractivity contribution is 0.630. The second-order valence-corrected chi connectivity index (χ2v) is 6.36. The van der Waals surface area contributed by atoms with E-state index < -0.39 is 0 Å². The van der Waals surface area contributed by atoms with Gasteiger partial charge in [-0.2, -0.15) is 0 Å². The first kappa shape index (κ1) is 15.1. The Labute approximate surface area is 126 Å². The fourth-order valence-corrected chi connectivity index (χ4v) is 2.13. The Balaban J connectivity index is 2.30. The third kappa shape index (κ3) is 4.08. The van der Waals surface area contributed by atoms with Gasteiger partial charge >= 0.3 is 0 Å². The van der Waals surface area contributed by atoms with Crippen LogP contribution in [-0.2, 0) is 0 Å². The van der Waals surface area contributed by atoms with Crippen LogP contribution in [0.15, 0.2) is 24.5 Å². The van der Waals surface area contributed by atoms with E-state index >= 15 is 0 Å². The summed E-state index contributed by atoms with van der Waals surface area (Å²) in [7, 11) is 0. The summed E-state index contributed by atoms with van der Waals surface area (Å²) in [6.45, 7) is 10.3. The second kappa shape index (κ2) is 5.60. The van der Waals surface area contributed by atoms with E-state index in [1.54, 1.807) is 0 Å². The summed E-state index contributed by atoms with van der Waals surface area (Å²) in [6, 6.07) is 6.25. The molecule has 0 radical (unpaired) electrons. The van der Waals surface area contributed by atoms with Crippen LogP contribution in [-0.4, -0.2) is 15.5 Å². The summed E-state index contributed by atoms with van der Waals surface area (Å²) >= 11 is 0. The minimum atomic E-state index is -0.111. The number of rotatable bonds is 3. The minimum absolute atomic E-state index is 0.111. The molecule has 1 aromatic heterocycles. The van der Waals surface area contributed by atoms with E-state index in [1.807, 2.05) is 0 Å². The monoisotopic (exact) mass is 285 g/mol. The number of nitrogens with one attached hydrogen (secondary N) is 2. The zero-order valence-corrected chi connectivity index (χ0v) is 13.3. The lowest BCUT2D eigenvalue weighted by Gasteiger charge is -2.22. The number of hydrogen-bond donors (Lipinski definition) is 3. The van der Waals surface area contributed by atoms with Crippen molar-refractivity contribution in [1.29, 1.82) is 0 Å². The highest BCUT2D eigenvalue weighted by atomic mass is 15.1. The van der Waals surface area contributed by atoms with Crippen molar-refractivity contribution >= 4 is 23.0 Å². The molecule has 0 spiro atoms. The van der Waals surface area contributed by atoms with Gasteiger partial charge in [-0.25, -0.2) is 9.97 Å². The predicted octanol–water partition coefficient (Wildman–Crippen LogP) is 3.63. The van der Waals surface area contributed by atoms with Gasteiger partial charge in [-0.05, 0) is 57.9 Å². The van der Waals surface area contributed by atoms with Gasteiger partial charge in [0.2, 0.25) is 0 Å². The Hall–Kier alpha value is -2.30. The second-order valence-electron chi connectivity index (χ2n) is 6.36. The fourth-order valence-electron chi connectivity index (χ4n) is 2.13. The van der Waals surface area contributed by atoms with E-state index in [9.17, 15) is 0 Å². The fraction of sp³-hybridized carbons (Fsp3) is 0.375. The summed E-state index contributed by atoms with van der Waals surface area (Å²) in [6.07, 6.45) is 1.51. The van der Waals surface area contributed by atoms with Gasteiger partial charge in [0.1, 0.15) is 12.0 Å². The van der Waals surface area contributed by atoms with Gasteiger partial charge in [0.15, 0.2) is 11.6 Å². The molecule has 0 atom stereocenters. The topological polar surface area (TPSA) is 75.9 Å². The van der Waals surface area contributed by atoms with Gasteiger partial charge in [-0.1, -0.05) is 6.07 Å². The van der Waals surface area contributed by atoms with E-state index in [0.717, 1.165) is 5.69 Å². The van der Waals surface area contributed by atoms with Crippen LogP contribution in [0.25, 0.3) is 0 Å². The number of nitrogens with zero attached hydrogens (tertiary/aromatic N) is 2. The summed E-state index contributed by atoms with van der Waals surface area (Å²) < 4.78 is 0. The van der Waals surface area contributed by atoms with Crippen LogP contribution >= 0.6 is 0 Å². The Kier molecular flexibility index (Phi) is 4.02. The molecule has 0 fully saturated rings. The minimum Gasteiger partial charge on any atom is -0.393 e. The van der Waals surface area contributed by atoms with E-state index in [4.69, 9.17) is 5.73 Å². The SMILES string of the molecule is Cc1cc(C)cc(Nc2ncnc(NC(C)(C)C)c2N)c1. The molecule has 1 heterocycles. The molecule has 2 aromatic rings. The van der Waals surface area contributed by atoms with E-state index in [1.165, 1.54) is 17.5 Å².